The van der Waals surface area contributed by atoms with Crippen molar-refractivity contribution in [3.05, 3.63) is 58.8 Å². The Balaban J connectivity index is 1.49. The molecule has 0 unspecified atom stereocenters. The van der Waals surface area contributed by atoms with E-state index in [-0.39, 0.29) is 5.82 Å². The maximum atomic E-state index is 13.3. The fourth-order valence-corrected chi connectivity index (χ4v) is 3.72. The minimum Gasteiger partial charge on any atom is -0.356 e. The second-order valence-corrected chi connectivity index (χ2v) is 6.95. The van der Waals surface area contributed by atoms with Crippen LogP contribution < -0.4 is 4.90 Å². The van der Waals surface area contributed by atoms with Crippen LogP contribution in [0.1, 0.15) is 29.7 Å². The van der Waals surface area contributed by atoms with E-state index in [2.05, 4.69) is 32.9 Å². The number of hydrogen-bond donors (Lipinski definition) is 0. The maximum Gasteiger partial charge on any atom is 0.136 e. The lowest BCUT2D eigenvalue weighted by Crippen LogP contribution is -2.35. The van der Waals surface area contributed by atoms with Gasteiger partial charge in [0.1, 0.15) is 18.0 Å². The first-order chi connectivity index (χ1) is 12.2. The van der Waals surface area contributed by atoms with Crippen LogP contribution in [-0.2, 0) is 13.0 Å². The highest BCUT2D eigenvalue weighted by Gasteiger charge is 2.23. The third-order valence-electron chi connectivity index (χ3n) is 5.09. The summed E-state index contributed by atoms with van der Waals surface area (Å²) in [5.74, 6) is 0.921. The molecule has 0 radical (unpaired) electrons. The Morgan fingerprint density at radius 2 is 1.92 bits per heavy atom. The molecule has 2 aliphatic heterocycles. The topological polar surface area (TPSA) is 32.3 Å². The average Bonchev–Trinajstić information content (AvgIpc) is 2.62. The summed E-state index contributed by atoms with van der Waals surface area (Å²) in [6.07, 6.45) is 6.82. The predicted octanol–water partition coefficient (Wildman–Crippen LogP) is 3.29. The Morgan fingerprint density at radius 3 is 2.72 bits per heavy atom. The standard InChI is InChI=1S/C20H23FN4/c1-24-8-7-19-18(13-24)20(23-14-22-19)25-9-5-15(6-10-25)11-16-3-2-4-17(21)12-16/h2-4,11-12,14H,5-10,13H2,1H3. The number of benzene rings is 1. The van der Waals surface area contributed by atoms with Crippen LogP contribution in [0.2, 0.25) is 0 Å². The molecule has 2 aromatic rings. The highest BCUT2D eigenvalue weighted by Crippen LogP contribution is 2.29. The van der Waals surface area contributed by atoms with Gasteiger partial charge in [0.2, 0.25) is 0 Å². The molecule has 1 saturated heterocycles. The van der Waals surface area contributed by atoms with Crippen LogP contribution >= 0.6 is 0 Å². The first kappa shape index (κ1) is 16.2. The number of piperidine rings is 1. The molecule has 5 heteroatoms. The van der Waals surface area contributed by atoms with Crippen molar-refractivity contribution in [1.29, 1.82) is 0 Å². The molecule has 0 amide bonds. The average molecular weight is 338 g/mol. The number of fused-ring (bicyclic) bond motifs is 1. The molecule has 1 aromatic carbocycles. The van der Waals surface area contributed by atoms with Crippen molar-refractivity contribution in [2.45, 2.75) is 25.8 Å². The summed E-state index contributed by atoms with van der Waals surface area (Å²) >= 11 is 0. The molecule has 0 atom stereocenters. The van der Waals surface area contributed by atoms with Crippen LogP contribution in [0.25, 0.3) is 6.08 Å². The van der Waals surface area contributed by atoms with E-state index < -0.39 is 0 Å². The zero-order valence-electron chi connectivity index (χ0n) is 14.6. The summed E-state index contributed by atoms with van der Waals surface area (Å²) < 4.78 is 13.3. The highest BCUT2D eigenvalue weighted by molar-refractivity contribution is 5.55. The van der Waals surface area contributed by atoms with Crippen LogP contribution in [0.15, 0.2) is 36.2 Å². The van der Waals surface area contributed by atoms with E-state index in [1.807, 2.05) is 6.07 Å². The molecule has 1 fully saturated rings. The number of halogens is 1. The molecule has 25 heavy (non-hydrogen) atoms. The summed E-state index contributed by atoms with van der Waals surface area (Å²) in [5, 5.41) is 0. The van der Waals surface area contributed by atoms with Gasteiger partial charge in [-0.05, 0) is 37.6 Å². The number of rotatable bonds is 2. The third-order valence-corrected chi connectivity index (χ3v) is 5.09. The van der Waals surface area contributed by atoms with Gasteiger partial charge < -0.3 is 9.80 Å². The first-order valence-corrected chi connectivity index (χ1v) is 8.90. The van der Waals surface area contributed by atoms with Gasteiger partial charge in [-0.1, -0.05) is 23.8 Å². The van der Waals surface area contributed by atoms with Gasteiger partial charge in [-0.2, -0.15) is 0 Å². The van der Waals surface area contributed by atoms with Crippen LogP contribution in [-0.4, -0.2) is 41.5 Å². The Kier molecular flexibility index (Phi) is 4.49. The summed E-state index contributed by atoms with van der Waals surface area (Å²) in [5.41, 5.74) is 4.81. The van der Waals surface area contributed by atoms with E-state index in [1.54, 1.807) is 18.5 Å². The molecular weight excluding hydrogens is 315 g/mol. The quantitative estimate of drug-likeness (QED) is 0.841. The van der Waals surface area contributed by atoms with Crippen LogP contribution in [0, 0.1) is 5.82 Å². The van der Waals surface area contributed by atoms with E-state index >= 15 is 0 Å². The fraction of sp³-hybridized carbons (Fsp3) is 0.400. The van der Waals surface area contributed by atoms with Gasteiger partial charge in [0.15, 0.2) is 0 Å². The van der Waals surface area contributed by atoms with Crippen molar-refractivity contribution in [2.75, 3.05) is 31.6 Å². The minimum atomic E-state index is -0.177. The molecular formula is C20H23FN4. The SMILES string of the molecule is CN1CCc2ncnc(N3CCC(=Cc4cccc(F)c4)CC3)c2C1. The summed E-state index contributed by atoms with van der Waals surface area (Å²) in [7, 11) is 2.15. The lowest BCUT2D eigenvalue weighted by molar-refractivity contribution is 0.309. The Morgan fingerprint density at radius 1 is 1.08 bits per heavy atom. The van der Waals surface area contributed by atoms with Crippen molar-refractivity contribution in [1.82, 2.24) is 14.9 Å². The largest absolute Gasteiger partial charge is 0.356 e. The van der Waals surface area contributed by atoms with Gasteiger partial charge in [0.25, 0.3) is 0 Å². The molecule has 1 aromatic heterocycles. The van der Waals surface area contributed by atoms with E-state index in [1.165, 1.54) is 22.9 Å². The number of likely N-dealkylation sites (N-methyl/N-ethyl adjacent to an activating group) is 1. The molecule has 130 valence electrons. The monoisotopic (exact) mass is 338 g/mol. The van der Waals surface area contributed by atoms with E-state index in [0.29, 0.717) is 0 Å². The minimum absolute atomic E-state index is 0.177. The zero-order valence-corrected chi connectivity index (χ0v) is 14.6. The molecule has 2 aliphatic rings. The second kappa shape index (κ2) is 6.92. The van der Waals surface area contributed by atoms with Crippen LogP contribution in [0.4, 0.5) is 10.2 Å². The number of nitrogens with zero attached hydrogens (tertiary/aromatic N) is 4. The highest BCUT2D eigenvalue weighted by atomic mass is 19.1. The molecule has 3 heterocycles. The second-order valence-electron chi connectivity index (χ2n) is 6.95. The molecule has 0 saturated carbocycles. The fourth-order valence-electron chi connectivity index (χ4n) is 3.72. The zero-order chi connectivity index (χ0) is 17.2. The lowest BCUT2D eigenvalue weighted by atomic mass is 9.99. The number of anilines is 1. The lowest BCUT2D eigenvalue weighted by Gasteiger charge is -2.33. The van der Waals surface area contributed by atoms with Crippen LogP contribution in [0.3, 0.4) is 0 Å². The van der Waals surface area contributed by atoms with Gasteiger partial charge in [0, 0.05) is 38.2 Å². The smallest absolute Gasteiger partial charge is 0.136 e. The van der Waals surface area contributed by atoms with Crippen molar-refractivity contribution in [2.24, 2.45) is 0 Å². The number of aromatic nitrogens is 2. The van der Waals surface area contributed by atoms with Crippen molar-refractivity contribution in [3.63, 3.8) is 0 Å². The first-order valence-electron chi connectivity index (χ1n) is 8.90. The van der Waals surface area contributed by atoms with Crippen LogP contribution in [0.5, 0.6) is 0 Å². The maximum absolute atomic E-state index is 13.3. The Labute approximate surface area is 148 Å². The van der Waals surface area contributed by atoms with Gasteiger partial charge in [-0.25, -0.2) is 14.4 Å². The van der Waals surface area contributed by atoms with Crippen molar-refractivity contribution >= 4 is 11.9 Å². The van der Waals surface area contributed by atoms with Gasteiger partial charge in [-0.3, -0.25) is 0 Å². The molecule has 0 N–H and O–H groups in total. The van der Waals surface area contributed by atoms with E-state index in [4.69, 9.17) is 0 Å². The Hall–Kier alpha value is -2.27. The molecule has 4 rings (SSSR count). The summed E-state index contributed by atoms with van der Waals surface area (Å²) in [4.78, 5) is 13.8. The summed E-state index contributed by atoms with van der Waals surface area (Å²) in [6, 6.07) is 6.80. The normalized spacial score (nSPS) is 18.2. The predicted molar refractivity (Wildman–Crippen MR) is 97.9 cm³/mol. The Bertz CT molecular complexity index is 792. The molecule has 0 bridgehead atoms. The van der Waals surface area contributed by atoms with Gasteiger partial charge >= 0.3 is 0 Å². The van der Waals surface area contributed by atoms with Gasteiger partial charge in [-0.15, -0.1) is 0 Å². The molecule has 4 nitrogen and oxygen atoms in total. The van der Waals surface area contributed by atoms with Crippen molar-refractivity contribution in [3.8, 4) is 0 Å². The molecule has 0 aliphatic carbocycles. The molecule has 0 spiro atoms. The summed E-state index contributed by atoms with van der Waals surface area (Å²) in [6.45, 7) is 3.89. The van der Waals surface area contributed by atoms with Crippen molar-refractivity contribution < 1.29 is 4.39 Å². The van der Waals surface area contributed by atoms with Gasteiger partial charge in [0.05, 0.1) is 5.69 Å². The third kappa shape index (κ3) is 3.56. The van der Waals surface area contributed by atoms with E-state index in [0.717, 1.165) is 56.8 Å². The van der Waals surface area contributed by atoms with E-state index in [9.17, 15) is 4.39 Å². The number of hydrogen-bond acceptors (Lipinski definition) is 4.